The van der Waals surface area contributed by atoms with Crippen molar-refractivity contribution in [2.75, 3.05) is 48.5 Å². The van der Waals surface area contributed by atoms with Crippen molar-refractivity contribution >= 4 is 14.7 Å². The smallest absolute Gasteiger partial charge is 0.502 e. The SMILES string of the molecule is C=C(C)C(=O)NC(C[N+](C)(C)CC(C)C)C[Si](OC)(OC)OC.[Cl-]. The van der Waals surface area contributed by atoms with E-state index < -0.39 is 8.80 Å². The highest BCUT2D eigenvalue weighted by molar-refractivity contribution is 6.60. The van der Waals surface area contributed by atoms with E-state index in [0.29, 0.717) is 17.5 Å². The van der Waals surface area contributed by atoms with Gasteiger partial charge in [0.1, 0.15) is 0 Å². The lowest BCUT2D eigenvalue weighted by atomic mass is 10.1. The Kier molecular flexibility index (Phi) is 12.1. The molecule has 1 atom stereocenters. The Morgan fingerprint density at radius 3 is 1.92 bits per heavy atom. The second-order valence-electron chi connectivity index (χ2n) is 7.14. The number of likely N-dealkylation sites (N-methyl/N-ethyl adjacent to an activating group) is 1. The summed E-state index contributed by atoms with van der Waals surface area (Å²) < 4.78 is 17.3. The zero-order chi connectivity index (χ0) is 18.3. The number of nitrogens with zero attached hydrogens (tertiary/aromatic N) is 1. The van der Waals surface area contributed by atoms with E-state index in [0.717, 1.165) is 17.6 Å². The first kappa shape index (κ1) is 25.8. The predicted octanol–water partition coefficient (Wildman–Crippen LogP) is -1.34. The van der Waals surface area contributed by atoms with Crippen molar-refractivity contribution in [3.8, 4) is 0 Å². The van der Waals surface area contributed by atoms with Crippen LogP contribution in [0.3, 0.4) is 0 Å². The van der Waals surface area contributed by atoms with E-state index in [1.54, 1.807) is 28.3 Å². The largest absolute Gasteiger partial charge is 1.00 e. The molecule has 0 aliphatic carbocycles. The van der Waals surface area contributed by atoms with E-state index in [-0.39, 0.29) is 24.4 Å². The van der Waals surface area contributed by atoms with Crippen molar-refractivity contribution in [3.05, 3.63) is 12.2 Å². The monoisotopic (exact) mass is 382 g/mol. The quantitative estimate of drug-likeness (QED) is 0.273. The molecule has 1 N–H and O–H groups in total. The van der Waals surface area contributed by atoms with Crippen LogP contribution in [-0.4, -0.2) is 73.8 Å². The lowest BCUT2D eigenvalue weighted by molar-refractivity contribution is -0.894. The third-order valence-electron chi connectivity index (χ3n) is 3.73. The molecule has 1 amide bonds. The summed E-state index contributed by atoms with van der Waals surface area (Å²) in [7, 11) is 6.31. The number of amides is 1. The number of hydrogen-bond donors (Lipinski definition) is 1. The average Bonchev–Trinajstić information content (AvgIpc) is 2.42. The molecule has 0 radical (unpaired) electrons. The van der Waals surface area contributed by atoms with Gasteiger partial charge in [-0.2, -0.15) is 0 Å². The number of carbonyl (C=O) groups excluding carboxylic acids is 1. The molecule has 1 unspecified atom stereocenters. The first-order valence-corrected chi connectivity index (χ1v) is 9.88. The molecule has 6 nitrogen and oxygen atoms in total. The Morgan fingerprint density at radius 2 is 1.58 bits per heavy atom. The third-order valence-corrected chi connectivity index (χ3v) is 6.59. The van der Waals surface area contributed by atoms with Gasteiger partial charge in [-0.15, -0.1) is 0 Å². The van der Waals surface area contributed by atoms with Crippen LogP contribution in [0.2, 0.25) is 6.04 Å². The molecule has 0 saturated heterocycles. The van der Waals surface area contributed by atoms with Gasteiger partial charge in [0.05, 0.1) is 33.2 Å². The van der Waals surface area contributed by atoms with Gasteiger partial charge >= 0.3 is 8.80 Å². The Morgan fingerprint density at radius 1 is 1.12 bits per heavy atom. The highest BCUT2D eigenvalue weighted by Gasteiger charge is 2.42. The summed E-state index contributed by atoms with van der Waals surface area (Å²) in [5, 5.41) is 3.04. The van der Waals surface area contributed by atoms with Crippen LogP contribution in [-0.2, 0) is 18.1 Å². The summed E-state index contributed by atoms with van der Waals surface area (Å²) in [4.78, 5) is 12.1. The van der Waals surface area contributed by atoms with Gasteiger partial charge in [0.25, 0.3) is 0 Å². The summed E-state index contributed by atoms with van der Waals surface area (Å²) in [5.74, 6) is 0.419. The van der Waals surface area contributed by atoms with Crippen LogP contribution in [0, 0.1) is 5.92 Å². The molecular weight excluding hydrogens is 348 g/mol. The minimum absolute atomic E-state index is 0. The summed E-state index contributed by atoms with van der Waals surface area (Å²) in [6.45, 7) is 11.6. The van der Waals surface area contributed by atoms with Crippen LogP contribution in [0.1, 0.15) is 20.8 Å². The van der Waals surface area contributed by atoms with E-state index in [9.17, 15) is 4.79 Å². The van der Waals surface area contributed by atoms with Gasteiger partial charge in [0.2, 0.25) is 5.91 Å². The second kappa shape index (κ2) is 11.2. The molecular formula is C16H35ClN2O4Si. The molecule has 0 saturated carbocycles. The summed E-state index contributed by atoms with van der Waals surface area (Å²) >= 11 is 0. The fraction of sp³-hybridized carbons (Fsp3) is 0.812. The topological polar surface area (TPSA) is 56.8 Å². The van der Waals surface area contributed by atoms with Crippen molar-refractivity contribution in [2.45, 2.75) is 32.9 Å². The number of halogens is 1. The van der Waals surface area contributed by atoms with Gasteiger partial charge in [-0.3, -0.25) is 4.79 Å². The van der Waals surface area contributed by atoms with E-state index in [1.807, 2.05) is 0 Å². The van der Waals surface area contributed by atoms with Crippen molar-refractivity contribution in [2.24, 2.45) is 5.92 Å². The molecule has 0 aromatic carbocycles. The van der Waals surface area contributed by atoms with Crippen molar-refractivity contribution < 1.29 is 35.0 Å². The number of nitrogens with one attached hydrogen (secondary N) is 1. The Balaban J connectivity index is 0. The predicted molar refractivity (Wildman–Crippen MR) is 95.0 cm³/mol. The third kappa shape index (κ3) is 9.15. The lowest BCUT2D eigenvalue weighted by Gasteiger charge is -2.37. The average molecular weight is 383 g/mol. The summed E-state index contributed by atoms with van der Waals surface area (Å²) in [6.07, 6.45) is 0. The van der Waals surface area contributed by atoms with E-state index in [1.165, 1.54) is 0 Å². The van der Waals surface area contributed by atoms with Crippen molar-refractivity contribution in [1.82, 2.24) is 5.32 Å². The molecule has 0 aliphatic rings. The fourth-order valence-corrected chi connectivity index (χ4v) is 4.77. The Labute approximate surface area is 154 Å². The van der Waals surface area contributed by atoms with Crippen LogP contribution in [0.4, 0.5) is 0 Å². The van der Waals surface area contributed by atoms with Crippen molar-refractivity contribution in [3.63, 3.8) is 0 Å². The summed E-state index contributed by atoms with van der Waals surface area (Å²) in [5.41, 5.74) is 0.490. The maximum atomic E-state index is 12.1. The fourth-order valence-electron chi connectivity index (χ4n) is 2.93. The zero-order valence-electron chi connectivity index (χ0n) is 16.4. The highest BCUT2D eigenvalue weighted by Crippen LogP contribution is 2.18. The van der Waals surface area contributed by atoms with Crippen LogP contribution in [0.15, 0.2) is 12.2 Å². The molecule has 0 aromatic heterocycles. The zero-order valence-corrected chi connectivity index (χ0v) is 18.2. The standard InChI is InChI=1S/C16H34N2O4Si.ClH/c1-13(2)10-18(5,6)11-15(17-16(19)14(3)4)12-23(20-7,21-8)22-9;/h13,15H,3,10-12H2,1-2,4-9H3;1H. The molecule has 0 rings (SSSR count). The van der Waals surface area contributed by atoms with Gasteiger partial charge < -0.3 is 35.5 Å². The number of quaternary nitrogens is 1. The molecule has 0 spiro atoms. The molecule has 24 heavy (non-hydrogen) atoms. The molecule has 8 heteroatoms. The lowest BCUT2D eigenvalue weighted by Crippen LogP contribution is -3.00. The minimum Gasteiger partial charge on any atom is -1.00 e. The molecule has 0 fully saturated rings. The first-order valence-electron chi connectivity index (χ1n) is 7.94. The van der Waals surface area contributed by atoms with Gasteiger partial charge in [-0.1, -0.05) is 20.4 Å². The summed E-state index contributed by atoms with van der Waals surface area (Å²) in [6, 6.07) is 0.412. The van der Waals surface area contributed by atoms with Crippen LogP contribution in [0.25, 0.3) is 0 Å². The van der Waals surface area contributed by atoms with Crippen LogP contribution >= 0.6 is 0 Å². The van der Waals surface area contributed by atoms with Gasteiger partial charge in [-0.05, 0) is 6.92 Å². The number of rotatable bonds is 11. The number of carbonyl (C=O) groups is 1. The molecule has 0 aromatic rings. The highest BCUT2D eigenvalue weighted by atomic mass is 35.5. The Hall–Kier alpha value is -0.443. The maximum Gasteiger partial charge on any atom is 0.502 e. The second-order valence-corrected chi connectivity index (χ2v) is 10.1. The van der Waals surface area contributed by atoms with Crippen LogP contribution in [0.5, 0.6) is 0 Å². The van der Waals surface area contributed by atoms with Gasteiger partial charge in [-0.25, -0.2) is 0 Å². The van der Waals surface area contributed by atoms with Crippen LogP contribution < -0.4 is 17.7 Å². The molecule has 0 aliphatic heterocycles. The first-order chi connectivity index (χ1) is 10.5. The minimum atomic E-state index is -2.78. The van der Waals surface area contributed by atoms with E-state index in [4.69, 9.17) is 13.3 Å². The maximum absolute atomic E-state index is 12.1. The Bertz CT molecular complexity index is 393. The van der Waals surface area contributed by atoms with Gasteiger partial charge in [0, 0.05) is 38.9 Å². The van der Waals surface area contributed by atoms with Gasteiger partial charge in [0.15, 0.2) is 0 Å². The normalized spacial score (nSPS) is 13.4. The molecule has 0 bridgehead atoms. The number of hydrogen-bond acceptors (Lipinski definition) is 4. The molecule has 144 valence electrons. The van der Waals surface area contributed by atoms with Crippen molar-refractivity contribution in [1.29, 1.82) is 0 Å². The van der Waals surface area contributed by atoms with E-state index in [2.05, 4.69) is 39.8 Å². The van der Waals surface area contributed by atoms with E-state index >= 15 is 0 Å². The molecule has 0 heterocycles.